The normalized spacial score (nSPS) is 16.5. The molecular weight excluding hydrogens is 208 g/mol. The summed E-state index contributed by atoms with van der Waals surface area (Å²) in [4.78, 5) is 7.88. The summed E-state index contributed by atoms with van der Waals surface area (Å²) in [7, 11) is 0. The SMILES string of the molecule is Brc1ncc(OC2CC2)cn1. The van der Waals surface area contributed by atoms with Gasteiger partial charge < -0.3 is 4.74 Å². The Labute approximate surface area is 72.9 Å². The van der Waals surface area contributed by atoms with Crippen molar-refractivity contribution in [3.05, 3.63) is 17.1 Å². The number of hydrogen-bond acceptors (Lipinski definition) is 3. The number of hydrogen-bond donors (Lipinski definition) is 0. The standard InChI is InChI=1S/C7H7BrN2O/c8-7-9-3-6(4-10-7)11-5-1-2-5/h3-5H,1-2H2. The summed E-state index contributed by atoms with van der Waals surface area (Å²) in [5, 5.41) is 0. The molecule has 0 amide bonds. The van der Waals surface area contributed by atoms with E-state index in [4.69, 9.17) is 4.74 Å². The Hall–Kier alpha value is -0.640. The van der Waals surface area contributed by atoms with E-state index in [9.17, 15) is 0 Å². The van der Waals surface area contributed by atoms with E-state index >= 15 is 0 Å². The average Bonchev–Trinajstić information content (AvgIpc) is 2.78. The second-order valence-corrected chi connectivity index (χ2v) is 3.21. The van der Waals surface area contributed by atoms with Crippen molar-refractivity contribution in [2.45, 2.75) is 18.9 Å². The fourth-order valence-corrected chi connectivity index (χ4v) is 0.944. The Morgan fingerprint density at radius 3 is 2.55 bits per heavy atom. The lowest BCUT2D eigenvalue weighted by Crippen LogP contribution is -1.96. The van der Waals surface area contributed by atoms with Crippen molar-refractivity contribution in [3.63, 3.8) is 0 Å². The van der Waals surface area contributed by atoms with Gasteiger partial charge in [0, 0.05) is 0 Å². The van der Waals surface area contributed by atoms with E-state index in [2.05, 4.69) is 25.9 Å². The van der Waals surface area contributed by atoms with E-state index in [0.717, 1.165) is 18.6 Å². The summed E-state index contributed by atoms with van der Waals surface area (Å²) < 4.78 is 6.03. The monoisotopic (exact) mass is 214 g/mol. The Kier molecular flexibility index (Phi) is 1.77. The predicted molar refractivity (Wildman–Crippen MR) is 43.4 cm³/mol. The molecule has 1 aromatic heterocycles. The molecule has 1 aliphatic carbocycles. The first kappa shape index (κ1) is 7.03. The van der Waals surface area contributed by atoms with Crippen LogP contribution >= 0.6 is 15.9 Å². The van der Waals surface area contributed by atoms with Crippen molar-refractivity contribution in [1.29, 1.82) is 0 Å². The van der Waals surface area contributed by atoms with Crippen molar-refractivity contribution >= 4 is 15.9 Å². The Morgan fingerprint density at radius 1 is 1.36 bits per heavy atom. The first-order chi connectivity index (χ1) is 5.34. The maximum Gasteiger partial charge on any atom is 0.196 e. The molecule has 1 saturated carbocycles. The molecule has 0 radical (unpaired) electrons. The molecule has 1 fully saturated rings. The molecule has 1 aliphatic rings. The van der Waals surface area contributed by atoms with E-state index in [1.54, 1.807) is 12.4 Å². The zero-order chi connectivity index (χ0) is 7.68. The zero-order valence-corrected chi connectivity index (χ0v) is 7.41. The summed E-state index contributed by atoms with van der Waals surface area (Å²) in [6.45, 7) is 0. The second kappa shape index (κ2) is 2.77. The summed E-state index contributed by atoms with van der Waals surface area (Å²) >= 11 is 3.15. The smallest absolute Gasteiger partial charge is 0.196 e. The van der Waals surface area contributed by atoms with Crippen LogP contribution in [0.5, 0.6) is 5.75 Å². The fourth-order valence-electron chi connectivity index (χ4n) is 0.740. The Bertz CT molecular complexity index is 245. The van der Waals surface area contributed by atoms with Gasteiger partial charge in [0.25, 0.3) is 0 Å². The molecule has 11 heavy (non-hydrogen) atoms. The molecule has 0 saturated heterocycles. The van der Waals surface area contributed by atoms with Crippen LogP contribution < -0.4 is 4.74 Å². The van der Waals surface area contributed by atoms with E-state index < -0.39 is 0 Å². The molecule has 0 aliphatic heterocycles. The lowest BCUT2D eigenvalue weighted by molar-refractivity contribution is 0.300. The Morgan fingerprint density at radius 2 is 2.00 bits per heavy atom. The van der Waals surface area contributed by atoms with Crippen LogP contribution in [0.4, 0.5) is 0 Å². The number of nitrogens with zero attached hydrogens (tertiary/aromatic N) is 2. The molecule has 0 atom stereocenters. The van der Waals surface area contributed by atoms with Crippen LogP contribution in [0.15, 0.2) is 17.1 Å². The van der Waals surface area contributed by atoms with Gasteiger partial charge in [0.2, 0.25) is 0 Å². The highest BCUT2D eigenvalue weighted by Gasteiger charge is 2.23. The maximum atomic E-state index is 5.43. The lowest BCUT2D eigenvalue weighted by Gasteiger charge is -2.00. The number of rotatable bonds is 2. The molecule has 1 heterocycles. The third kappa shape index (κ3) is 1.89. The molecule has 0 unspecified atom stereocenters. The lowest BCUT2D eigenvalue weighted by atomic mass is 10.6. The third-order valence-electron chi connectivity index (χ3n) is 1.42. The third-order valence-corrected chi connectivity index (χ3v) is 1.83. The van der Waals surface area contributed by atoms with Crippen molar-refractivity contribution in [2.24, 2.45) is 0 Å². The van der Waals surface area contributed by atoms with Gasteiger partial charge in [-0.15, -0.1) is 0 Å². The molecule has 3 nitrogen and oxygen atoms in total. The van der Waals surface area contributed by atoms with Crippen molar-refractivity contribution < 1.29 is 4.74 Å². The molecular formula is C7H7BrN2O. The highest BCUT2D eigenvalue weighted by molar-refractivity contribution is 9.10. The molecule has 0 spiro atoms. The van der Waals surface area contributed by atoms with Crippen molar-refractivity contribution in [1.82, 2.24) is 9.97 Å². The van der Waals surface area contributed by atoms with E-state index in [1.165, 1.54) is 0 Å². The van der Waals surface area contributed by atoms with Gasteiger partial charge in [0.1, 0.15) is 0 Å². The minimum atomic E-state index is 0.416. The van der Waals surface area contributed by atoms with Crippen molar-refractivity contribution in [2.75, 3.05) is 0 Å². The van der Waals surface area contributed by atoms with Gasteiger partial charge in [-0.3, -0.25) is 0 Å². The molecule has 0 bridgehead atoms. The first-order valence-electron chi connectivity index (χ1n) is 3.49. The first-order valence-corrected chi connectivity index (χ1v) is 4.28. The number of halogens is 1. The maximum absolute atomic E-state index is 5.43. The highest BCUT2D eigenvalue weighted by atomic mass is 79.9. The quantitative estimate of drug-likeness (QED) is 0.705. The van der Waals surface area contributed by atoms with Crippen LogP contribution in [0.1, 0.15) is 12.8 Å². The average molecular weight is 215 g/mol. The predicted octanol–water partition coefficient (Wildman–Crippen LogP) is 1.78. The van der Waals surface area contributed by atoms with E-state index in [-0.39, 0.29) is 0 Å². The molecule has 4 heteroatoms. The van der Waals surface area contributed by atoms with Crippen LogP contribution in [0.2, 0.25) is 0 Å². The molecule has 58 valence electrons. The highest BCUT2D eigenvalue weighted by Crippen LogP contribution is 2.25. The molecule has 1 aromatic rings. The summed E-state index contributed by atoms with van der Waals surface area (Å²) in [5.74, 6) is 0.760. The van der Waals surface area contributed by atoms with Crippen LogP contribution in [0, 0.1) is 0 Å². The van der Waals surface area contributed by atoms with Gasteiger partial charge in [-0.25, -0.2) is 9.97 Å². The van der Waals surface area contributed by atoms with Gasteiger partial charge in [-0.05, 0) is 28.8 Å². The summed E-state index contributed by atoms with van der Waals surface area (Å²) in [6, 6.07) is 0. The van der Waals surface area contributed by atoms with Crippen LogP contribution in [0.25, 0.3) is 0 Å². The minimum Gasteiger partial charge on any atom is -0.487 e. The van der Waals surface area contributed by atoms with Gasteiger partial charge in [-0.1, -0.05) is 0 Å². The minimum absolute atomic E-state index is 0.416. The van der Waals surface area contributed by atoms with Gasteiger partial charge in [0.15, 0.2) is 10.5 Å². The van der Waals surface area contributed by atoms with Crippen LogP contribution in [-0.2, 0) is 0 Å². The van der Waals surface area contributed by atoms with Gasteiger partial charge >= 0.3 is 0 Å². The van der Waals surface area contributed by atoms with Gasteiger partial charge in [0.05, 0.1) is 18.5 Å². The molecule has 2 rings (SSSR count). The van der Waals surface area contributed by atoms with Crippen LogP contribution in [0.3, 0.4) is 0 Å². The van der Waals surface area contributed by atoms with E-state index in [1.807, 2.05) is 0 Å². The topological polar surface area (TPSA) is 35.0 Å². The zero-order valence-electron chi connectivity index (χ0n) is 5.83. The largest absolute Gasteiger partial charge is 0.487 e. The summed E-state index contributed by atoms with van der Waals surface area (Å²) in [5.41, 5.74) is 0. The second-order valence-electron chi connectivity index (χ2n) is 2.51. The Balaban J connectivity index is 2.06. The van der Waals surface area contributed by atoms with Crippen LogP contribution in [-0.4, -0.2) is 16.1 Å². The van der Waals surface area contributed by atoms with Gasteiger partial charge in [-0.2, -0.15) is 0 Å². The molecule has 0 aromatic carbocycles. The number of ether oxygens (including phenoxy) is 1. The summed E-state index contributed by atoms with van der Waals surface area (Å²) in [6.07, 6.45) is 6.09. The van der Waals surface area contributed by atoms with Crippen molar-refractivity contribution in [3.8, 4) is 5.75 Å². The van der Waals surface area contributed by atoms with E-state index in [0.29, 0.717) is 10.8 Å². The molecule has 0 N–H and O–H groups in total. The fraction of sp³-hybridized carbons (Fsp3) is 0.429. The number of aromatic nitrogens is 2.